The lowest BCUT2D eigenvalue weighted by Crippen LogP contribution is -2.28. The van der Waals surface area contributed by atoms with Gasteiger partial charge < -0.3 is 15.4 Å². The van der Waals surface area contributed by atoms with E-state index in [0.29, 0.717) is 22.9 Å². The zero-order chi connectivity index (χ0) is 18.6. The number of nitrogens with one attached hydrogen (secondary N) is 2. The molecule has 0 spiro atoms. The van der Waals surface area contributed by atoms with Gasteiger partial charge in [0.25, 0.3) is 5.91 Å². The van der Waals surface area contributed by atoms with E-state index in [9.17, 15) is 9.59 Å². The van der Waals surface area contributed by atoms with Crippen LogP contribution in [0.5, 0.6) is 0 Å². The van der Waals surface area contributed by atoms with Crippen LogP contribution in [-0.2, 0) is 4.74 Å². The molecular weight excluding hydrogens is 320 g/mol. The Hall–Kier alpha value is -2.96. The Morgan fingerprint density at radius 2 is 1.72 bits per heavy atom. The number of hydrogen-bond acceptors (Lipinski definition) is 6. The molecule has 7 nitrogen and oxygen atoms in total. The number of esters is 1. The number of anilines is 2. The van der Waals surface area contributed by atoms with Crippen molar-refractivity contribution in [3.63, 3.8) is 0 Å². The summed E-state index contributed by atoms with van der Waals surface area (Å²) in [7, 11) is 1.32. The maximum Gasteiger partial charge on any atom is 0.337 e. The standard InChI is InChI=1S/C18H22N4O3/c1-11-10-14(21-17(19-11)22-18(2,3)4)15(23)20-13-8-6-12(7-9-13)16(24)25-5/h6-10H,1-5H3,(H,20,23)(H,19,21,22). The van der Waals surface area contributed by atoms with E-state index < -0.39 is 5.97 Å². The molecule has 1 amide bonds. The Balaban J connectivity index is 2.16. The van der Waals surface area contributed by atoms with Crippen LogP contribution >= 0.6 is 0 Å². The summed E-state index contributed by atoms with van der Waals surface area (Å²) in [5.74, 6) is -0.380. The lowest BCUT2D eigenvalue weighted by molar-refractivity contribution is 0.0600. The van der Waals surface area contributed by atoms with Gasteiger partial charge in [0, 0.05) is 16.9 Å². The highest BCUT2D eigenvalue weighted by molar-refractivity contribution is 6.03. The third-order valence-corrected chi connectivity index (χ3v) is 3.14. The predicted molar refractivity (Wildman–Crippen MR) is 95.9 cm³/mol. The van der Waals surface area contributed by atoms with Crippen molar-refractivity contribution in [3.8, 4) is 0 Å². The smallest absolute Gasteiger partial charge is 0.337 e. The van der Waals surface area contributed by atoms with Crippen LogP contribution in [0.2, 0.25) is 0 Å². The summed E-state index contributed by atoms with van der Waals surface area (Å²) < 4.78 is 4.64. The molecule has 0 atom stereocenters. The fourth-order valence-electron chi connectivity index (χ4n) is 2.08. The number of hydrogen-bond donors (Lipinski definition) is 2. The molecule has 1 heterocycles. The zero-order valence-corrected chi connectivity index (χ0v) is 15.0. The van der Waals surface area contributed by atoms with Gasteiger partial charge in [-0.3, -0.25) is 4.79 Å². The van der Waals surface area contributed by atoms with Gasteiger partial charge >= 0.3 is 5.97 Å². The molecule has 0 saturated carbocycles. The first-order valence-corrected chi connectivity index (χ1v) is 7.81. The number of methoxy groups -OCH3 is 1. The van der Waals surface area contributed by atoms with Crippen LogP contribution in [-0.4, -0.2) is 34.5 Å². The van der Waals surface area contributed by atoms with E-state index >= 15 is 0 Å². The number of amides is 1. The van der Waals surface area contributed by atoms with E-state index in [4.69, 9.17) is 0 Å². The van der Waals surface area contributed by atoms with E-state index in [-0.39, 0.29) is 17.1 Å². The van der Waals surface area contributed by atoms with Gasteiger partial charge in [-0.15, -0.1) is 0 Å². The number of carbonyl (C=O) groups excluding carboxylic acids is 2. The summed E-state index contributed by atoms with van der Waals surface area (Å²) in [5.41, 5.74) is 1.70. The first-order chi connectivity index (χ1) is 11.7. The highest BCUT2D eigenvalue weighted by atomic mass is 16.5. The molecule has 1 aromatic heterocycles. The van der Waals surface area contributed by atoms with Crippen molar-refractivity contribution >= 4 is 23.5 Å². The van der Waals surface area contributed by atoms with Crippen LogP contribution in [0.25, 0.3) is 0 Å². The molecule has 0 fully saturated rings. The minimum absolute atomic E-state index is 0.217. The van der Waals surface area contributed by atoms with E-state index in [1.807, 2.05) is 20.8 Å². The van der Waals surface area contributed by atoms with Crippen LogP contribution in [0.4, 0.5) is 11.6 Å². The molecule has 2 aromatic rings. The summed E-state index contributed by atoms with van der Waals surface area (Å²) >= 11 is 0. The van der Waals surface area contributed by atoms with Crippen LogP contribution < -0.4 is 10.6 Å². The molecule has 25 heavy (non-hydrogen) atoms. The highest BCUT2D eigenvalue weighted by Crippen LogP contribution is 2.14. The third-order valence-electron chi connectivity index (χ3n) is 3.14. The molecule has 1 aromatic carbocycles. The predicted octanol–water partition coefficient (Wildman–Crippen LogP) is 3.03. The summed E-state index contributed by atoms with van der Waals surface area (Å²) in [6, 6.07) is 8.05. The van der Waals surface area contributed by atoms with Crippen molar-refractivity contribution in [2.24, 2.45) is 0 Å². The maximum absolute atomic E-state index is 12.4. The van der Waals surface area contributed by atoms with Crippen LogP contribution in [0.3, 0.4) is 0 Å². The second kappa shape index (κ2) is 7.29. The second-order valence-electron chi connectivity index (χ2n) is 6.62. The van der Waals surface area contributed by atoms with Crippen LogP contribution in [0, 0.1) is 6.92 Å². The molecule has 0 aliphatic heterocycles. The van der Waals surface area contributed by atoms with Gasteiger partial charge in [0.05, 0.1) is 12.7 Å². The minimum Gasteiger partial charge on any atom is -0.465 e. The monoisotopic (exact) mass is 342 g/mol. The van der Waals surface area contributed by atoms with Gasteiger partial charge in [0.15, 0.2) is 0 Å². The number of aryl methyl sites for hydroxylation is 1. The summed E-state index contributed by atoms with van der Waals surface area (Å²) in [5, 5.41) is 5.90. The Morgan fingerprint density at radius 1 is 1.08 bits per heavy atom. The quantitative estimate of drug-likeness (QED) is 0.830. The van der Waals surface area contributed by atoms with Crippen molar-refractivity contribution in [1.82, 2.24) is 9.97 Å². The van der Waals surface area contributed by atoms with Gasteiger partial charge in [0.1, 0.15) is 5.69 Å². The summed E-state index contributed by atoms with van der Waals surface area (Å²) in [4.78, 5) is 32.4. The molecule has 0 saturated heterocycles. The number of aromatic nitrogens is 2. The van der Waals surface area contributed by atoms with Gasteiger partial charge in [-0.05, 0) is 58.0 Å². The van der Waals surface area contributed by atoms with Gasteiger partial charge in [-0.2, -0.15) is 0 Å². The number of benzene rings is 1. The molecule has 0 aliphatic rings. The summed E-state index contributed by atoms with van der Waals surface area (Å²) in [6.45, 7) is 7.77. The van der Waals surface area contributed by atoms with Gasteiger partial charge in [-0.25, -0.2) is 14.8 Å². The third kappa shape index (κ3) is 5.27. The fraction of sp³-hybridized carbons (Fsp3) is 0.333. The van der Waals surface area contributed by atoms with E-state index in [1.54, 1.807) is 37.3 Å². The van der Waals surface area contributed by atoms with E-state index in [0.717, 1.165) is 0 Å². The number of nitrogens with zero attached hydrogens (tertiary/aromatic N) is 2. The highest BCUT2D eigenvalue weighted by Gasteiger charge is 2.15. The molecule has 7 heteroatoms. The molecule has 0 bridgehead atoms. The van der Waals surface area contributed by atoms with Crippen molar-refractivity contribution in [1.29, 1.82) is 0 Å². The molecular formula is C18H22N4O3. The first kappa shape index (κ1) is 18.4. The molecule has 2 rings (SSSR count). The van der Waals surface area contributed by atoms with Crippen molar-refractivity contribution in [3.05, 3.63) is 47.3 Å². The molecule has 2 N–H and O–H groups in total. The average molecular weight is 342 g/mol. The van der Waals surface area contributed by atoms with Gasteiger partial charge in [0.2, 0.25) is 5.95 Å². The van der Waals surface area contributed by atoms with Crippen LogP contribution in [0.15, 0.2) is 30.3 Å². The SMILES string of the molecule is COC(=O)c1ccc(NC(=O)c2cc(C)nc(NC(C)(C)C)n2)cc1. The zero-order valence-electron chi connectivity index (χ0n) is 15.0. The Morgan fingerprint density at radius 3 is 2.28 bits per heavy atom. The van der Waals surface area contributed by atoms with Gasteiger partial charge in [-0.1, -0.05) is 0 Å². The van der Waals surface area contributed by atoms with Crippen molar-refractivity contribution in [2.75, 3.05) is 17.7 Å². The molecule has 132 valence electrons. The molecule has 0 aliphatic carbocycles. The van der Waals surface area contributed by atoms with E-state index in [1.165, 1.54) is 7.11 Å². The Bertz CT molecular complexity index is 780. The Kier molecular flexibility index (Phi) is 5.36. The topological polar surface area (TPSA) is 93.2 Å². The molecule has 0 unspecified atom stereocenters. The second-order valence-corrected chi connectivity index (χ2v) is 6.62. The van der Waals surface area contributed by atoms with Crippen molar-refractivity contribution < 1.29 is 14.3 Å². The van der Waals surface area contributed by atoms with Crippen molar-refractivity contribution in [2.45, 2.75) is 33.2 Å². The lowest BCUT2D eigenvalue weighted by atomic mass is 10.1. The number of carbonyl (C=O) groups is 2. The number of rotatable bonds is 4. The number of ether oxygens (including phenoxy) is 1. The first-order valence-electron chi connectivity index (χ1n) is 7.81. The Labute approximate surface area is 146 Å². The normalized spacial score (nSPS) is 10.9. The fourth-order valence-corrected chi connectivity index (χ4v) is 2.08. The lowest BCUT2D eigenvalue weighted by Gasteiger charge is -2.20. The minimum atomic E-state index is -0.429. The largest absolute Gasteiger partial charge is 0.465 e. The maximum atomic E-state index is 12.4. The average Bonchev–Trinajstić information content (AvgIpc) is 2.52. The van der Waals surface area contributed by atoms with Crippen LogP contribution in [0.1, 0.15) is 47.3 Å². The summed E-state index contributed by atoms with van der Waals surface area (Å²) in [6.07, 6.45) is 0. The molecule has 0 radical (unpaired) electrons. The van der Waals surface area contributed by atoms with E-state index in [2.05, 4.69) is 25.3 Å².